The second kappa shape index (κ2) is 35.7. The number of benzene rings is 3. The molecule has 3 aromatic carbocycles. The van der Waals surface area contributed by atoms with Crippen molar-refractivity contribution in [3.63, 3.8) is 0 Å². The van der Waals surface area contributed by atoms with E-state index in [1.54, 1.807) is 0 Å². The summed E-state index contributed by atoms with van der Waals surface area (Å²) >= 11 is 18.9. The molecular formula is C56H61I9O22. The van der Waals surface area contributed by atoms with Crippen LogP contribution in [0.3, 0.4) is 0 Å². The Hall–Kier alpha value is -0.730. The zero-order chi connectivity index (χ0) is 64.9. The fraction of sp³-hybridized carbons (Fsp3) is 0.536. The molecule has 0 amide bonds. The molecule has 87 heavy (non-hydrogen) atoms. The molecular weight excluding hydrogens is 2170 g/mol. The van der Waals surface area contributed by atoms with E-state index in [9.17, 15) is 38.4 Å². The third-order valence-electron chi connectivity index (χ3n) is 12.1. The lowest BCUT2D eigenvalue weighted by molar-refractivity contribution is -0.385. The lowest BCUT2D eigenvalue weighted by atomic mass is 9.97. The number of carbonyl (C=O) groups is 8. The van der Waals surface area contributed by atoms with E-state index >= 15 is 0 Å². The Bertz CT molecular complexity index is 2930. The van der Waals surface area contributed by atoms with Crippen molar-refractivity contribution in [1.82, 2.24) is 0 Å². The second-order valence-electron chi connectivity index (χ2n) is 20.9. The summed E-state index contributed by atoms with van der Waals surface area (Å²) in [6.45, 7) is 10.6. The van der Waals surface area contributed by atoms with Gasteiger partial charge in [-0.15, -0.1) is 0 Å². The first kappa shape index (κ1) is 77.0. The number of ether oxygens (including phenoxy) is 14. The van der Waals surface area contributed by atoms with Gasteiger partial charge in [0.2, 0.25) is 12.1 Å². The maximum atomic E-state index is 14.1. The third-order valence-corrected chi connectivity index (χ3v) is 18.8. The van der Waals surface area contributed by atoms with E-state index in [2.05, 4.69) is 203 Å². The molecule has 3 aromatic rings. The van der Waals surface area contributed by atoms with Crippen LogP contribution in [0.4, 0.5) is 0 Å². The number of esters is 8. The summed E-state index contributed by atoms with van der Waals surface area (Å²) in [7, 11) is 0. The van der Waals surface area contributed by atoms with Crippen LogP contribution in [0.2, 0.25) is 0 Å². The normalized spacial score (nSPS) is 21.7. The van der Waals surface area contributed by atoms with Crippen LogP contribution in [0.5, 0.6) is 17.2 Å². The van der Waals surface area contributed by atoms with Gasteiger partial charge in [0.15, 0.2) is 50.3 Å². The standard InChI is InChI=1S/C56H61I9O22/c1-23(2)50(69)81-45-37(17-74-39(66)19-76-42-31(60)11-28(57)12-32(42)61)80-55(48(84-53(72)26(7)8)47(45)83-52(71)25(5)6)87-56(22-79-41(68)21-78-44-35(64)15-30(59)16-36(44)65)49(85-54(73)27(9)10)46(82-51(70)24(3)4)38(86-56)18-75-40(67)20-77-43-33(62)13-29(58)14-34(43)63/h11-16,23-27,37-38,45-49,55H,17-22H2,1-10H3/t37-,38-,45-,46-,47+,48-,49+,55-,56+/m1/s1. The lowest BCUT2D eigenvalue weighted by Gasteiger charge is -2.47. The van der Waals surface area contributed by atoms with Gasteiger partial charge in [-0.05, 0) is 240 Å². The predicted molar refractivity (Wildman–Crippen MR) is 384 cm³/mol. The Morgan fingerprint density at radius 3 is 1.09 bits per heavy atom. The first-order valence-electron chi connectivity index (χ1n) is 26.5. The van der Waals surface area contributed by atoms with E-state index in [1.165, 1.54) is 69.2 Å². The SMILES string of the molecule is CC(C)C(=O)O[C@@H]1[C@@H](OC(=O)C(C)C)[C@@H](O[C@]2(COC(=O)COc3c(I)cc(I)cc3I)O[C@H](COC(=O)COc3c(I)cc(I)cc3I)[C@@H](OC(=O)C(C)C)[C@@H]2OC(=O)C(C)C)O[C@H](COC(=O)COc2c(I)cc(I)cc2I)[C@H]1OC(=O)C(C)C. The van der Waals surface area contributed by atoms with Crippen LogP contribution in [0.1, 0.15) is 69.2 Å². The minimum atomic E-state index is -2.77. The average Bonchev–Trinajstić information content (AvgIpc) is 1.77. The largest absolute Gasteiger partial charge is 0.480 e. The van der Waals surface area contributed by atoms with Gasteiger partial charge in [-0.25, -0.2) is 14.4 Å². The Balaban J connectivity index is 1.70. The van der Waals surface area contributed by atoms with E-state index in [4.69, 9.17) is 66.3 Å². The molecule has 480 valence electrons. The van der Waals surface area contributed by atoms with Crippen LogP contribution >= 0.6 is 203 Å². The highest BCUT2D eigenvalue weighted by Gasteiger charge is 2.65. The van der Waals surface area contributed by atoms with Crippen molar-refractivity contribution < 1.29 is 105 Å². The fourth-order valence-electron chi connectivity index (χ4n) is 7.60. The van der Waals surface area contributed by atoms with Crippen LogP contribution in [-0.2, 0) is 90.5 Å². The average molecular weight is 2230 g/mol. The van der Waals surface area contributed by atoms with Crippen molar-refractivity contribution in [3.05, 3.63) is 68.5 Å². The summed E-state index contributed by atoms with van der Waals surface area (Å²) in [6, 6.07) is 11.0. The Labute approximate surface area is 626 Å². The number of halogens is 9. The fourth-order valence-corrected chi connectivity index (χ4v) is 19.3. The van der Waals surface area contributed by atoms with E-state index in [0.717, 1.165) is 10.7 Å². The third kappa shape index (κ3) is 22.5. The molecule has 2 heterocycles. The van der Waals surface area contributed by atoms with Crippen LogP contribution in [-0.4, -0.2) is 142 Å². The monoisotopic (exact) mass is 2230 g/mol. The van der Waals surface area contributed by atoms with Gasteiger partial charge < -0.3 is 66.3 Å². The molecule has 2 saturated heterocycles. The summed E-state index contributed by atoms with van der Waals surface area (Å²) in [6.07, 6.45) is -14.9. The van der Waals surface area contributed by atoms with Crippen molar-refractivity contribution in [2.45, 2.75) is 124 Å². The molecule has 2 aliphatic heterocycles. The summed E-state index contributed by atoms with van der Waals surface area (Å²) in [5, 5.41) is 0. The lowest BCUT2D eigenvalue weighted by Crippen LogP contribution is -2.66. The molecule has 0 aromatic heterocycles. The number of hydrogen-bond donors (Lipinski definition) is 0. The predicted octanol–water partition coefficient (Wildman–Crippen LogP) is 11.0. The number of hydrogen-bond acceptors (Lipinski definition) is 22. The summed E-state index contributed by atoms with van der Waals surface area (Å²) in [5.74, 6) is -13.2. The molecule has 0 aliphatic carbocycles. The van der Waals surface area contributed by atoms with E-state index in [0.29, 0.717) is 38.7 Å². The first-order valence-corrected chi connectivity index (χ1v) is 36.2. The Morgan fingerprint density at radius 1 is 0.414 bits per heavy atom. The molecule has 0 spiro atoms. The van der Waals surface area contributed by atoms with E-state index in [-0.39, 0.29) is 0 Å². The number of carbonyl (C=O) groups excluding carboxylic acids is 8. The van der Waals surface area contributed by atoms with Crippen molar-refractivity contribution >= 4 is 251 Å². The van der Waals surface area contributed by atoms with Crippen molar-refractivity contribution in [2.75, 3.05) is 39.6 Å². The quantitative estimate of drug-likeness (QED) is 0.0390. The van der Waals surface area contributed by atoms with Gasteiger partial charge in [0, 0.05) is 10.7 Å². The molecule has 22 nitrogen and oxygen atoms in total. The Morgan fingerprint density at radius 2 is 0.724 bits per heavy atom. The molecule has 0 bridgehead atoms. The smallest absolute Gasteiger partial charge is 0.344 e. The zero-order valence-corrected chi connectivity index (χ0v) is 67.5. The first-order chi connectivity index (χ1) is 40.7. The van der Waals surface area contributed by atoms with E-state index < -0.39 is 172 Å². The van der Waals surface area contributed by atoms with Gasteiger partial charge >= 0.3 is 47.8 Å². The maximum Gasteiger partial charge on any atom is 0.344 e. The molecule has 0 radical (unpaired) electrons. The second-order valence-corrected chi connectivity index (χ2v) is 31.6. The molecule has 0 saturated carbocycles. The molecule has 0 unspecified atom stereocenters. The maximum absolute atomic E-state index is 14.1. The topological polar surface area (TPSA) is 266 Å². The zero-order valence-electron chi connectivity index (χ0n) is 48.1. The van der Waals surface area contributed by atoms with Crippen LogP contribution in [0.25, 0.3) is 0 Å². The van der Waals surface area contributed by atoms with Crippen LogP contribution in [0, 0.1) is 61.7 Å². The van der Waals surface area contributed by atoms with Gasteiger partial charge in [-0.3, -0.25) is 24.0 Å². The van der Waals surface area contributed by atoms with Crippen LogP contribution < -0.4 is 14.2 Å². The van der Waals surface area contributed by atoms with Gasteiger partial charge in [-0.1, -0.05) is 69.2 Å². The highest BCUT2D eigenvalue weighted by atomic mass is 127. The van der Waals surface area contributed by atoms with Gasteiger partial charge in [-0.2, -0.15) is 0 Å². The van der Waals surface area contributed by atoms with Gasteiger partial charge in [0.1, 0.15) is 49.3 Å². The van der Waals surface area contributed by atoms with Crippen LogP contribution in [0.15, 0.2) is 36.4 Å². The molecule has 31 heteroatoms. The molecule has 2 aliphatic rings. The molecule has 5 rings (SSSR count). The molecule has 9 atom stereocenters. The summed E-state index contributed by atoms with van der Waals surface area (Å²) in [5.41, 5.74) is 0. The highest BCUT2D eigenvalue weighted by Crippen LogP contribution is 2.43. The molecule has 2 fully saturated rings. The summed E-state index contributed by atoms with van der Waals surface area (Å²) in [4.78, 5) is 111. The van der Waals surface area contributed by atoms with Crippen molar-refractivity contribution in [2.24, 2.45) is 29.6 Å². The van der Waals surface area contributed by atoms with Gasteiger partial charge in [0.25, 0.3) is 0 Å². The minimum Gasteiger partial charge on any atom is -0.480 e. The highest BCUT2D eigenvalue weighted by molar-refractivity contribution is 14.1. The molecule has 0 N–H and O–H groups in total. The minimum absolute atomic E-state index is 0.358. The van der Waals surface area contributed by atoms with Gasteiger partial charge in [0.05, 0.1) is 51.0 Å². The number of rotatable bonds is 27. The van der Waals surface area contributed by atoms with Crippen molar-refractivity contribution in [1.29, 1.82) is 0 Å². The Kier molecular flexibility index (Phi) is 31.6. The van der Waals surface area contributed by atoms with Crippen molar-refractivity contribution in [3.8, 4) is 17.2 Å². The van der Waals surface area contributed by atoms with E-state index in [1.807, 2.05) is 36.4 Å². The summed E-state index contributed by atoms with van der Waals surface area (Å²) < 4.78 is 93.1.